The molecule has 20 heteroatoms. The maximum atomic E-state index is 13.8. The van der Waals surface area contributed by atoms with Crippen molar-refractivity contribution in [3.05, 3.63) is 221 Å². The number of carbonyl (C=O) groups is 4. The van der Waals surface area contributed by atoms with Crippen LogP contribution < -0.4 is 26.0 Å². The number of halogens is 5. The van der Waals surface area contributed by atoms with Gasteiger partial charge in [0.1, 0.15) is 36.9 Å². The molecule has 3 amide bonds. The van der Waals surface area contributed by atoms with Gasteiger partial charge in [-0.05, 0) is 95.8 Å². The second-order valence-electron chi connectivity index (χ2n) is 18.0. The third-order valence-electron chi connectivity index (χ3n) is 12.7. The highest BCUT2D eigenvalue weighted by molar-refractivity contribution is 6.03. The molecule has 15 nitrogen and oxygen atoms in total. The summed E-state index contributed by atoms with van der Waals surface area (Å²) in [5, 5.41) is 39.4. The van der Waals surface area contributed by atoms with E-state index in [1.807, 2.05) is 115 Å². The second-order valence-corrected chi connectivity index (χ2v) is 18.0. The number of amides is 3. The molecular weight excluding hydrogens is 1020 g/mol. The summed E-state index contributed by atoms with van der Waals surface area (Å²) in [6.07, 6.45) is -2.99. The Morgan fingerprint density at radius 2 is 1.29 bits per heavy atom. The summed E-state index contributed by atoms with van der Waals surface area (Å²) >= 11 is 0. The van der Waals surface area contributed by atoms with E-state index in [9.17, 15) is 46.5 Å². The number of benzene rings is 5. The van der Waals surface area contributed by atoms with Crippen LogP contribution in [0.1, 0.15) is 76.6 Å². The predicted molar refractivity (Wildman–Crippen MR) is 274 cm³/mol. The van der Waals surface area contributed by atoms with E-state index in [0.29, 0.717) is 34.9 Å². The average Bonchev–Trinajstić information content (AvgIpc) is 3.50. The number of rotatable bonds is 23. The number of anilines is 2. The molecular formula is C58H55F5N6O9. The fourth-order valence-electron chi connectivity index (χ4n) is 8.93. The molecule has 0 spiro atoms. The van der Waals surface area contributed by atoms with Crippen molar-refractivity contribution < 1.29 is 71.2 Å². The van der Waals surface area contributed by atoms with Gasteiger partial charge in [-0.25, -0.2) is 13.8 Å². The number of alkyl halides is 3. The van der Waals surface area contributed by atoms with Gasteiger partial charge in [-0.3, -0.25) is 24.7 Å². The number of carboxylic acid groups (broad SMARTS) is 1. The van der Waals surface area contributed by atoms with Crippen LogP contribution in [-0.4, -0.2) is 76.5 Å². The number of carboxylic acids is 1. The first kappa shape index (κ1) is 57.4. The molecule has 0 bridgehead atoms. The van der Waals surface area contributed by atoms with Crippen LogP contribution in [0.3, 0.4) is 0 Å². The summed E-state index contributed by atoms with van der Waals surface area (Å²) in [5.74, 6) is -5.07. The first-order valence-electron chi connectivity index (χ1n) is 24.7. The first-order chi connectivity index (χ1) is 37.6. The molecule has 1 saturated heterocycles. The third kappa shape index (κ3) is 15.9. The van der Waals surface area contributed by atoms with Crippen LogP contribution in [0.4, 0.5) is 39.1 Å². The standard InChI is InChI=1S/C56H54F2N6O7.C2HF3O2/c57-41-22-20-38(21-23-41)48(65)29-28-45-54(64(56(45)69)43-26-24-42(58)25-27-43)39-18-16-37(17-19-39)34-61-50(66)35-70-32-33-71-36-51(67)62-46-13-5-4-12-44(46)53(63-49-15-7-9-31-60-49)52(47-14-6-8-30-59-47)55(68)40-10-2-1-3-11-40;3-2(4,5)1(6)7/h1-27,30-31,45,48,52-55,65,68H,28-29,32-36H2,(H,60,63)(H,61,66)(H,62,67);(H,6,7). The lowest BCUT2D eigenvalue weighted by molar-refractivity contribution is -0.627. The summed E-state index contributed by atoms with van der Waals surface area (Å²) < 4.78 is 70.0. The van der Waals surface area contributed by atoms with Crippen molar-refractivity contribution >= 4 is 40.9 Å². The quantitative estimate of drug-likeness (QED) is 0.0249. The van der Waals surface area contributed by atoms with E-state index >= 15 is 0 Å². The van der Waals surface area contributed by atoms with Crippen molar-refractivity contribution in [2.24, 2.45) is 5.92 Å². The Kier molecular flexibility index (Phi) is 20.4. The number of quaternary nitrogens is 1. The summed E-state index contributed by atoms with van der Waals surface area (Å²) in [4.78, 5) is 59.2. The molecule has 3 heterocycles. The minimum atomic E-state index is -5.19. The second kappa shape index (κ2) is 27.7. The molecule has 0 saturated carbocycles. The highest BCUT2D eigenvalue weighted by Gasteiger charge is 2.48. The van der Waals surface area contributed by atoms with Crippen molar-refractivity contribution in [2.75, 3.05) is 36.6 Å². The number of aliphatic hydroxyl groups excluding tert-OH is 2. The molecule has 406 valence electrons. The van der Waals surface area contributed by atoms with Crippen molar-refractivity contribution in [3.8, 4) is 0 Å². The highest BCUT2D eigenvalue weighted by atomic mass is 19.4. The predicted octanol–water partition coefficient (Wildman–Crippen LogP) is 7.01. The molecule has 6 unspecified atom stereocenters. The van der Waals surface area contributed by atoms with Gasteiger partial charge in [0, 0.05) is 41.9 Å². The van der Waals surface area contributed by atoms with Crippen LogP contribution in [0.2, 0.25) is 0 Å². The van der Waals surface area contributed by atoms with E-state index in [1.165, 1.54) is 36.4 Å². The molecule has 6 N–H and O–H groups in total. The Balaban J connectivity index is 0.00000118. The number of nitrogens with zero attached hydrogens (tertiary/aromatic N) is 3. The number of carbonyl (C=O) groups excluding carboxylic acids is 4. The third-order valence-corrected chi connectivity index (χ3v) is 12.7. The number of ether oxygens (including phenoxy) is 2. The van der Waals surface area contributed by atoms with E-state index in [1.54, 1.807) is 35.5 Å². The number of aliphatic hydroxyl groups is 2. The molecule has 8 rings (SSSR count). The minimum Gasteiger partial charge on any atom is -0.542 e. The number of β-lactam (4-membered cyclic amide) rings is 1. The number of nitrogens with two attached hydrogens (primary N) is 1. The normalized spacial score (nSPS) is 15.6. The number of hydrogen-bond donors (Lipinski definition) is 5. The Morgan fingerprint density at radius 3 is 1.91 bits per heavy atom. The van der Waals surface area contributed by atoms with Gasteiger partial charge in [0.25, 0.3) is 0 Å². The molecule has 6 atom stereocenters. The van der Waals surface area contributed by atoms with Crippen LogP contribution in [0.25, 0.3) is 0 Å². The van der Waals surface area contributed by atoms with E-state index < -0.39 is 59.8 Å². The summed E-state index contributed by atoms with van der Waals surface area (Å²) in [6, 6.07) is 46.0. The number of nitrogens with one attached hydrogen (secondary N) is 2. The Labute approximate surface area is 445 Å². The zero-order valence-electron chi connectivity index (χ0n) is 41.7. The van der Waals surface area contributed by atoms with Crippen LogP contribution in [0, 0.1) is 17.6 Å². The molecule has 1 aliphatic rings. The van der Waals surface area contributed by atoms with Gasteiger partial charge < -0.3 is 45.1 Å². The van der Waals surface area contributed by atoms with Gasteiger partial charge in [-0.2, -0.15) is 13.2 Å². The molecule has 1 fully saturated rings. The lowest BCUT2D eigenvalue weighted by atomic mass is 9.78. The van der Waals surface area contributed by atoms with E-state index in [-0.39, 0.29) is 57.2 Å². The van der Waals surface area contributed by atoms with Crippen molar-refractivity contribution in [1.82, 2.24) is 15.3 Å². The van der Waals surface area contributed by atoms with Crippen molar-refractivity contribution in [2.45, 2.75) is 55.8 Å². The number of aromatic nitrogens is 2. The molecule has 78 heavy (non-hydrogen) atoms. The van der Waals surface area contributed by atoms with Crippen LogP contribution in [0.5, 0.6) is 0 Å². The lowest BCUT2D eigenvalue weighted by Crippen LogP contribution is -2.81. The minimum absolute atomic E-state index is 0.0513. The Morgan fingerprint density at radius 1 is 0.705 bits per heavy atom. The van der Waals surface area contributed by atoms with Gasteiger partial charge in [0.15, 0.2) is 0 Å². The Bertz CT molecular complexity index is 3040. The summed E-state index contributed by atoms with van der Waals surface area (Å²) in [7, 11) is 0. The molecule has 5 aromatic carbocycles. The molecule has 7 aromatic rings. The van der Waals surface area contributed by atoms with Gasteiger partial charge >= 0.3 is 6.18 Å². The molecule has 1 aliphatic heterocycles. The van der Waals surface area contributed by atoms with Gasteiger partial charge in [0.2, 0.25) is 23.5 Å². The smallest absolute Gasteiger partial charge is 0.430 e. The number of para-hydroxylation sites is 1. The van der Waals surface area contributed by atoms with E-state index in [0.717, 1.165) is 22.3 Å². The van der Waals surface area contributed by atoms with Crippen LogP contribution in [0.15, 0.2) is 176 Å². The average molecular weight is 1080 g/mol. The zero-order valence-corrected chi connectivity index (χ0v) is 41.7. The van der Waals surface area contributed by atoms with E-state index in [4.69, 9.17) is 19.4 Å². The summed E-state index contributed by atoms with van der Waals surface area (Å²) in [6.45, 7) is -0.184. The van der Waals surface area contributed by atoms with Gasteiger partial charge in [0.05, 0.1) is 49.0 Å². The largest absolute Gasteiger partial charge is 0.542 e. The highest BCUT2D eigenvalue weighted by Crippen LogP contribution is 2.46. The van der Waals surface area contributed by atoms with E-state index in [2.05, 4.69) is 20.6 Å². The van der Waals surface area contributed by atoms with Crippen LogP contribution in [-0.2, 0) is 35.2 Å². The molecule has 2 aromatic heterocycles. The zero-order chi connectivity index (χ0) is 55.6. The topological polar surface area (TPSA) is 220 Å². The van der Waals surface area contributed by atoms with Gasteiger partial charge in [-0.15, -0.1) is 0 Å². The summed E-state index contributed by atoms with van der Waals surface area (Å²) in [5.41, 5.74) is 5.41. The maximum absolute atomic E-state index is 13.8. The van der Waals surface area contributed by atoms with Crippen LogP contribution >= 0.6 is 0 Å². The fourth-order valence-corrected chi connectivity index (χ4v) is 8.93. The fraction of sp³-hybridized carbons (Fsp3) is 0.241. The van der Waals surface area contributed by atoms with Crippen molar-refractivity contribution in [1.29, 1.82) is 0 Å². The number of aliphatic carboxylic acids is 1. The van der Waals surface area contributed by atoms with Crippen molar-refractivity contribution in [3.63, 3.8) is 0 Å². The Hall–Kier alpha value is -8.27. The maximum Gasteiger partial charge on any atom is 0.430 e. The number of hydrogen-bond acceptors (Lipinski definition) is 11. The lowest BCUT2D eigenvalue weighted by Gasteiger charge is -2.48. The first-order valence-corrected chi connectivity index (χ1v) is 24.7. The number of pyridine rings is 2. The SMILES string of the molecule is O=C(COCCOCC(=O)Nc1ccccc1C([NH2+]c1ccccn1)C(c1ccccn1)C(O)c1ccccc1)NCc1ccc(C2C(CCC(O)c3ccc(F)cc3)C(=O)N2c2ccc(F)cc2)cc1.O=C([O-])C(F)(F)F. The van der Waals surface area contributed by atoms with Gasteiger partial charge in [-0.1, -0.05) is 97.1 Å². The monoisotopic (exact) mass is 1070 g/mol. The molecule has 0 aliphatic carbocycles. The molecule has 0 radical (unpaired) electrons.